The monoisotopic (exact) mass is 433 g/mol. The molecule has 0 atom stereocenters. The number of ether oxygens (including phenoxy) is 1. The summed E-state index contributed by atoms with van der Waals surface area (Å²) >= 11 is 0. The first-order valence-corrected chi connectivity index (χ1v) is 10.2. The number of oxazole rings is 1. The van der Waals surface area contributed by atoms with Crippen LogP contribution in [0, 0.1) is 24.0 Å². The summed E-state index contributed by atoms with van der Waals surface area (Å²) < 4.78 is 11.3. The van der Waals surface area contributed by atoms with Crippen molar-refractivity contribution >= 4 is 22.5 Å². The number of phenols is 1. The highest BCUT2D eigenvalue weighted by atomic mass is 16.6. The number of fused-ring (bicyclic) bond motifs is 1. The van der Waals surface area contributed by atoms with Crippen LogP contribution < -0.4 is 10.1 Å². The Morgan fingerprint density at radius 2 is 1.97 bits per heavy atom. The molecule has 0 unspecified atom stereocenters. The van der Waals surface area contributed by atoms with Crippen molar-refractivity contribution in [2.24, 2.45) is 0 Å². The molecule has 0 saturated heterocycles. The minimum atomic E-state index is -0.508. The topological polar surface area (TPSA) is 111 Å². The molecule has 1 heterocycles. The number of nitro groups is 1. The molecule has 0 saturated carbocycles. The third-order valence-electron chi connectivity index (χ3n) is 5.15. The second-order valence-electron chi connectivity index (χ2n) is 7.52. The zero-order chi connectivity index (χ0) is 22.8. The number of aryl methyl sites for hydroxylation is 2. The van der Waals surface area contributed by atoms with Gasteiger partial charge in [-0.25, -0.2) is 4.98 Å². The third kappa shape index (κ3) is 4.20. The highest BCUT2D eigenvalue weighted by molar-refractivity contribution is 5.77. The number of nitrogens with zero attached hydrogens (tertiary/aromatic N) is 2. The molecule has 4 aromatic rings. The first-order valence-electron chi connectivity index (χ1n) is 10.2. The van der Waals surface area contributed by atoms with Gasteiger partial charge in [0.25, 0.3) is 5.69 Å². The van der Waals surface area contributed by atoms with Crippen LogP contribution in [0.5, 0.6) is 11.5 Å². The largest absolute Gasteiger partial charge is 0.504 e. The van der Waals surface area contributed by atoms with Gasteiger partial charge in [-0.2, -0.15) is 0 Å². The Hall–Kier alpha value is -4.07. The van der Waals surface area contributed by atoms with E-state index in [9.17, 15) is 15.2 Å². The van der Waals surface area contributed by atoms with E-state index in [1.807, 2.05) is 50.2 Å². The summed E-state index contributed by atoms with van der Waals surface area (Å²) in [6.07, 6.45) is 0. The van der Waals surface area contributed by atoms with Crippen LogP contribution in [0.1, 0.15) is 23.6 Å². The predicted octanol–water partition coefficient (Wildman–Crippen LogP) is 5.74. The van der Waals surface area contributed by atoms with Gasteiger partial charge in [-0.1, -0.05) is 12.1 Å². The Morgan fingerprint density at radius 1 is 1.16 bits per heavy atom. The normalized spacial score (nSPS) is 11.0. The zero-order valence-corrected chi connectivity index (χ0v) is 18.0. The quantitative estimate of drug-likeness (QED) is 0.282. The molecular weight excluding hydrogens is 410 g/mol. The lowest BCUT2D eigenvalue weighted by Crippen LogP contribution is -2.04. The van der Waals surface area contributed by atoms with Crippen molar-refractivity contribution in [3.8, 4) is 23.0 Å². The maximum atomic E-state index is 11.3. The van der Waals surface area contributed by atoms with E-state index in [0.717, 1.165) is 33.5 Å². The lowest BCUT2D eigenvalue weighted by atomic mass is 10.1. The summed E-state index contributed by atoms with van der Waals surface area (Å²) in [7, 11) is 0. The summed E-state index contributed by atoms with van der Waals surface area (Å²) in [6.45, 7) is 6.15. The Labute approximate surface area is 184 Å². The predicted molar refractivity (Wildman–Crippen MR) is 122 cm³/mol. The van der Waals surface area contributed by atoms with Crippen molar-refractivity contribution < 1.29 is 19.2 Å². The number of anilines is 1. The number of aromatic nitrogens is 1. The van der Waals surface area contributed by atoms with Crippen LogP contribution in [0.2, 0.25) is 0 Å². The lowest BCUT2D eigenvalue weighted by Gasteiger charge is -2.14. The van der Waals surface area contributed by atoms with Crippen LogP contribution >= 0.6 is 0 Å². The second-order valence-corrected chi connectivity index (χ2v) is 7.52. The van der Waals surface area contributed by atoms with E-state index in [-0.39, 0.29) is 30.3 Å². The first kappa shape index (κ1) is 21.2. The lowest BCUT2D eigenvalue weighted by molar-refractivity contribution is -0.385. The number of aromatic hydroxyl groups is 1. The number of non-ortho nitro benzene ring substituents is 1. The maximum Gasteiger partial charge on any atom is 0.273 e. The molecule has 1 aromatic heterocycles. The van der Waals surface area contributed by atoms with Gasteiger partial charge in [-0.15, -0.1) is 0 Å². The van der Waals surface area contributed by atoms with Crippen LogP contribution in [0.4, 0.5) is 11.4 Å². The molecule has 0 amide bonds. The Bertz CT molecular complexity index is 1310. The molecule has 2 N–H and O–H groups in total. The molecule has 0 aliphatic heterocycles. The molecule has 0 bridgehead atoms. The molecular formula is C24H23N3O5. The van der Waals surface area contributed by atoms with Crippen molar-refractivity contribution in [2.75, 3.05) is 11.9 Å². The SMILES string of the molecule is CCOc1cc([N+](=O)[O-])cc(CNc2cc(-c3nc4ccc(C)cc4o3)ccc2C)c1O. The number of phenolic OH excluding ortho intramolecular Hbond substituents is 1. The van der Waals surface area contributed by atoms with Gasteiger partial charge in [-0.05, 0) is 56.2 Å². The van der Waals surface area contributed by atoms with E-state index in [2.05, 4.69) is 10.3 Å². The molecule has 164 valence electrons. The van der Waals surface area contributed by atoms with Gasteiger partial charge < -0.3 is 19.6 Å². The zero-order valence-electron chi connectivity index (χ0n) is 18.0. The Balaban J connectivity index is 1.63. The Morgan fingerprint density at radius 3 is 2.72 bits per heavy atom. The van der Waals surface area contributed by atoms with E-state index in [0.29, 0.717) is 11.5 Å². The van der Waals surface area contributed by atoms with Crippen molar-refractivity contribution in [1.82, 2.24) is 4.98 Å². The van der Waals surface area contributed by atoms with E-state index < -0.39 is 4.92 Å². The fourth-order valence-corrected chi connectivity index (χ4v) is 3.45. The molecule has 8 nitrogen and oxygen atoms in total. The van der Waals surface area contributed by atoms with Crippen molar-refractivity contribution in [3.63, 3.8) is 0 Å². The van der Waals surface area contributed by atoms with Gasteiger partial charge in [0.05, 0.1) is 17.6 Å². The fourth-order valence-electron chi connectivity index (χ4n) is 3.45. The average Bonchev–Trinajstić information content (AvgIpc) is 3.18. The molecule has 3 aromatic carbocycles. The number of nitro benzene ring substituents is 1. The smallest absolute Gasteiger partial charge is 0.273 e. The number of hydrogen-bond acceptors (Lipinski definition) is 7. The van der Waals surface area contributed by atoms with E-state index in [1.165, 1.54) is 12.1 Å². The van der Waals surface area contributed by atoms with Crippen molar-refractivity contribution in [1.29, 1.82) is 0 Å². The van der Waals surface area contributed by atoms with Gasteiger partial charge in [0.2, 0.25) is 5.89 Å². The number of benzene rings is 3. The summed E-state index contributed by atoms with van der Waals surface area (Å²) in [6, 6.07) is 14.2. The average molecular weight is 433 g/mol. The van der Waals surface area contributed by atoms with E-state index in [4.69, 9.17) is 9.15 Å². The molecule has 8 heteroatoms. The summed E-state index contributed by atoms with van der Waals surface area (Å²) in [5.41, 5.74) is 5.38. The molecule has 0 spiro atoms. The van der Waals surface area contributed by atoms with E-state index >= 15 is 0 Å². The minimum absolute atomic E-state index is 0.0886. The highest BCUT2D eigenvalue weighted by Crippen LogP contribution is 2.36. The molecule has 0 aliphatic rings. The van der Waals surface area contributed by atoms with Crippen LogP contribution in [0.25, 0.3) is 22.6 Å². The van der Waals surface area contributed by atoms with E-state index in [1.54, 1.807) is 6.92 Å². The Kier molecular flexibility index (Phi) is 5.68. The molecule has 0 fully saturated rings. The highest BCUT2D eigenvalue weighted by Gasteiger charge is 2.18. The summed E-state index contributed by atoms with van der Waals surface area (Å²) in [5, 5.41) is 25.0. The van der Waals surface area contributed by atoms with Gasteiger partial charge >= 0.3 is 0 Å². The number of rotatable bonds is 7. The van der Waals surface area contributed by atoms with Gasteiger partial charge in [0.1, 0.15) is 5.52 Å². The standard InChI is InChI=1S/C24H23N3O5/c1-4-31-22-12-18(27(29)30)10-17(23(22)28)13-25-20-11-16(7-6-15(20)3)24-26-19-8-5-14(2)9-21(19)32-24/h5-12,25,28H,4,13H2,1-3H3. The summed E-state index contributed by atoms with van der Waals surface area (Å²) in [5.74, 6) is 0.476. The molecule has 0 radical (unpaired) electrons. The second kappa shape index (κ2) is 8.58. The number of nitrogens with one attached hydrogen (secondary N) is 1. The van der Waals surface area contributed by atoms with Crippen molar-refractivity contribution in [2.45, 2.75) is 27.3 Å². The van der Waals surface area contributed by atoms with Gasteiger partial charge in [-0.3, -0.25) is 10.1 Å². The number of hydrogen-bond donors (Lipinski definition) is 2. The van der Waals surface area contributed by atoms with Crippen LogP contribution in [-0.2, 0) is 6.54 Å². The molecule has 32 heavy (non-hydrogen) atoms. The van der Waals surface area contributed by atoms with Crippen LogP contribution in [0.3, 0.4) is 0 Å². The summed E-state index contributed by atoms with van der Waals surface area (Å²) in [4.78, 5) is 15.3. The van der Waals surface area contributed by atoms with Gasteiger partial charge in [0.15, 0.2) is 17.1 Å². The van der Waals surface area contributed by atoms with Gasteiger partial charge in [0, 0.05) is 29.4 Å². The first-order chi connectivity index (χ1) is 15.4. The third-order valence-corrected chi connectivity index (χ3v) is 5.15. The van der Waals surface area contributed by atoms with Crippen LogP contribution in [-0.4, -0.2) is 21.6 Å². The molecule has 4 rings (SSSR count). The van der Waals surface area contributed by atoms with Crippen molar-refractivity contribution in [3.05, 3.63) is 75.3 Å². The minimum Gasteiger partial charge on any atom is -0.504 e. The fraction of sp³-hybridized carbons (Fsp3) is 0.208. The molecule has 0 aliphatic carbocycles. The maximum absolute atomic E-state index is 11.3. The van der Waals surface area contributed by atoms with Crippen LogP contribution in [0.15, 0.2) is 52.9 Å².